The molecule has 0 saturated heterocycles. The average Bonchev–Trinajstić information content (AvgIpc) is 3.10. The van der Waals surface area contributed by atoms with Gasteiger partial charge in [0, 0.05) is 23.7 Å². The molecule has 0 radical (unpaired) electrons. The van der Waals surface area contributed by atoms with Gasteiger partial charge in [0.2, 0.25) is 0 Å². The predicted molar refractivity (Wildman–Crippen MR) is 82.9 cm³/mol. The van der Waals surface area contributed by atoms with Crippen LogP contribution in [-0.4, -0.2) is 22.1 Å². The van der Waals surface area contributed by atoms with Gasteiger partial charge in [-0.2, -0.15) is 0 Å². The maximum atomic E-state index is 11.0. The molecule has 2 aromatic rings. The molecular weight excluding hydrogens is 284 g/mol. The zero-order chi connectivity index (χ0) is 14.8. The third kappa shape index (κ3) is 3.14. The Labute approximate surface area is 127 Å². The number of aryl methyl sites for hydroxylation is 1. The fourth-order valence-electron chi connectivity index (χ4n) is 2.73. The van der Waals surface area contributed by atoms with Crippen LogP contribution in [0.1, 0.15) is 38.3 Å². The van der Waals surface area contributed by atoms with Crippen LogP contribution < -0.4 is 5.32 Å². The van der Waals surface area contributed by atoms with Gasteiger partial charge in [0.1, 0.15) is 0 Å². The molecule has 3 rings (SSSR count). The van der Waals surface area contributed by atoms with Crippen molar-refractivity contribution in [3.8, 4) is 0 Å². The van der Waals surface area contributed by atoms with Crippen LogP contribution in [0.15, 0.2) is 24.4 Å². The third-order valence-electron chi connectivity index (χ3n) is 3.85. The van der Waals surface area contributed by atoms with Crippen LogP contribution in [0, 0.1) is 0 Å². The Morgan fingerprint density at radius 3 is 2.95 bits per heavy atom. The van der Waals surface area contributed by atoms with Gasteiger partial charge in [0.15, 0.2) is 0 Å². The quantitative estimate of drug-likeness (QED) is 0.891. The summed E-state index contributed by atoms with van der Waals surface area (Å²) in [5.74, 6) is -0.856. The van der Waals surface area contributed by atoms with Gasteiger partial charge in [-0.3, -0.25) is 0 Å². The predicted octanol–water partition coefficient (Wildman–Crippen LogP) is 2.66. The molecule has 1 aliphatic carbocycles. The molecule has 0 fully saturated rings. The molecule has 1 heterocycles. The number of nitrogens with zero attached hydrogens (tertiary/aromatic N) is 1. The topological polar surface area (TPSA) is 62.2 Å². The highest BCUT2D eigenvalue weighted by Crippen LogP contribution is 2.24. The maximum absolute atomic E-state index is 11.0. The normalized spacial score (nSPS) is 16.9. The second-order valence-corrected chi connectivity index (χ2v) is 6.55. The Morgan fingerprint density at radius 1 is 1.43 bits per heavy atom. The van der Waals surface area contributed by atoms with Crippen LogP contribution >= 0.6 is 11.3 Å². The van der Waals surface area contributed by atoms with E-state index >= 15 is 0 Å². The molecule has 21 heavy (non-hydrogen) atoms. The monoisotopic (exact) mass is 302 g/mol. The molecule has 1 aromatic heterocycles. The molecule has 1 atom stereocenters. The number of carbonyl (C=O) groups is 1. The molecule has 110 valence electrons. The van der Waals surface area contributed by atoms with Gasteiger partial charge in [-0.1, -0.05) is 13.0 Å². The summed E-state index contributed by atoms with van der Waals surface area (Å²) in [6.45, 7) is 2.95. The van der Waals surface area contributed by atoms with Crippen LogP contribution in [-0.2, 0) is 25.8 Å². The lowest BCUT2D eigenvalue weighted by Crippen LogP contribution is -2.28. The highest BCUT2D eigenvalue weighted by molar-refractivity contribution is 7.11. The molecule has 5 heteroatoms. The van der Waals surface area contributed by atoms with Crippen LogP contribution in [0.3, 0.4) is 0 Å². The Balaban J connectivity index is 1.61. The minimum atomic E-state index is -0.856. The molecule has 2 N–H and O–H groups in total. The van der Waals surface area contributed by atoms with Crippen molar-refractivity contribution in [2.75, 3.05) is 0 Å². The second-order valence-electron chi connectivity index (χ2n) is 5.35. The number of thiazole rings is 1. The average molecular weight is 302 g/mol. The number of carboxylic acid groups (broad SMARTS) is 1. The number of aromatic carboxylic acids is 1. The van der Waals surface area contributed by atoms with E-state index < -0.39 is 5.97 Å². The van der Waals surface area contributed by atoms with Gasteiger partial charge in [-0.25, -0.2) is 9.78 Å². The molecule has 1 aliphatic rings. The van der Waals surface area contributed by atoms with E-state index in [1.54, 1.807) is 23.5 Å². The highest BCUT2D eigenvalue weighted by Gasteiger charge is 2.22. The van der Waals surface area contributed by atoms with Crippen LogP contribution in [0.4, 0.5) is 0 Å². The minimum absolute atomic E-state index is 0.379. The molecule has 0 amide bonds. The zero-order valence-corrected chi connectivity index (χ0v) is 12.7. The van der Waals surface area contributed by atoms with Crippen LogP contribution in [0.2, 0.25) is 0 Å². The van der Waals surface area contributed by atoms with Crippen LogP contribution in [0.25, 0.3) is 0 Å². The smallest absolute Gasteiger partial charge is 0.335 e. The van der Waals surface area contributed by atoms with Crippen molar-refractivity contribution in [1.82, 2.24) is 10.3 Å². The fraction of sp³-hybridized carbons (Fsp3) is 0.375. The number of nitrogens with one attached hydrogen (secondary N) is 1. The standard InChI is InChI=1S/C16H18N2O2S/c1-2-15-18-9-14(21-15)8-17-13-6-10-3-4-11(16(19)20)5-12(10)7-13/h3-5,9,13,17H,2,6-8H2,1H3,(H,19,20). The Hall–Kier alpha value is -1.72. The first-order valence-corrected chi connectivity index (χ1v) is 7.99. The van der Waals surface area contributed by atoms with E-state index in [2.05, 4.69) is 17.2 Å². The Morgan fingerprint density at radius 2 is 2.24 bits per heavy atom. The third-order valence-corrected chi connectivity index (χ3v) is 5.00. The number of fused-ring (bicyclic) bond motifs is 1. The number of hydrogen-bond acceptors (Lipinski definition) is 4. The molecule has 0 bridgehead atoms. The van der Waals surface area contributed by atoms with Gasteiger partial charge in [-0.15, -0.1) is 11.3 Å². The van der Waals surface area contributed by atoms with E-state index in [4.69, 9.17) is 5.11 Å². The van der Waals surface area contributed by atoms with Crippen molar-refractivity contribution in [2.24, 2.45) is 0 Å². The summed E-state index contributed by atoms with van der Waals surface area (Å²) in [5, 5.41) is 13.8. The number of carboxylic acids is 1. The number of hydrogen-bond donors (Lipinski definition) is 2. The highest BCUT2D eigenvalue weighted by atomic mass is 32.1. The maximum Gasteiger partial charge on any atom is 0.335 e. The molecule has 1 aromatic carbocycles. The lowest BCUT2D eigenvalue weighted by atomic mass is 10.1. The summed E-state index contributed by atoms with van der Waals surface area (Å²) < 4.78 is 0. The lowest BCUT2D eigenvalue weighted by molar-refractivity contribution is 0.0697. The van der Waals surface area contributed by atoms with Crippen molar-refractivity contribution >= 4 is 17.3 Å². The first-order valence-electron chi connectivity index (χ1n) is 7.17. The largest absolute Gasteiger partial charge is 0.478 e. The molecule has 0 spiro atoms. The summed E-state index contributed by atoms with van der Waals surface area (Å²) in [6, 6.07) is 5.83. The van der Waals surface area contributed by atoms with Crippen molar-refractivity contribution in [2.45, 2.75) is 38.8 Å². The van der Waals surface area contributed by atoms with Crippen molar-refractivity contribution < 1.29 is 9.90 Å². The first-order chi connectivity index (χ1) is 10.2. The van der Waals surface area contributed by atoms with Crippen molar-refractivity contribution in [1.29, 1.82) is 0 Å². The molecule has 0 aliphatic heterocycles. The fourth-order valence-corrected chi connectivity index (χ4v) is 3.55. The second kappa shape index (κ2) is 5.95. The van der Waals surface area contributed by atoms with Crippen LogP contribution in [0.5, 0.6) is 0 Å². The van der Waals surface area contributed by atoms with E-state index in [0.717, 1.165) is 31.4 Å². The Kier molecular flexibility index (Phi) is 4.03. The van der Waals surface area contributed by atoms with Gasteiger partial charge in [0.25, 0.3) is 0 Å². The van der Waals surface area contributed by atoms with E-state index in [1.165, 1.54) is 15.4 Å². The van der Waals surface area contributed by atoms with Gasteiger partial charge in [-0.05, 0) is 42.5 Å². The molecule has 0 saturated carbocycles. The van der Waals surface area contributed by atoms with E-state index in [0.29, 0.717) is 11.6 Å². The molecule has 1 unspecified atom stereocenters. The molecular formula is C16H18N2O2S. The zero-order valence-electron chi connectivity index (χ0n) is 11.9. The number of rotatable bonds is 5. The molecule has 4 nitrogen and oxygen atoms in total. The summed E-state index contributed by atoms with van der Waals surface area (Å²) in [4.78, 5) is 16.6. The lowest BCUT2D eigenvalue weighted by Gasteiger charge is -2.10. The van der Waals surface area contributed by atoms with E-state index in [-0.39, 0.29) is 0 Å². The summed E-state index contributed by atoms with van der Waals surface area (Å²) >= 11 is 1.76. The van der Waals surface area contributed by atoms with E-state index in [1.807, 2.05) is 12.3 Å². The van der Waals surface area contributed by atoms with Gasteiger partial charge >= 0.3 is 5.97 Å². The number of aromatic nitrogens is 1. The summed E-state index contributed by atoms with van der Waals surface area (Å²) in [5.41, 5.74) is 2.80. The van der Waals surface area contributed by atoms with E-state index in [9.17, 15) is 4.79 Å². The number of benzene rings is 1. The minimum Gasteiger partial charge on any atom is -0.478 e. The van der Waals surface area contributed by atoms with Gasteiger partial charge < -0.3 is 10.4 Å². The SMILES string of the molecule is CCc1ncc(CNC2Cc3ccc(C(=O)O)cc3C2)s1. The van der Waals surface area contributed by atoms with Crippen molar-refractivity contribution in [3.63, 3.8) is 0 Å². The Bertz CT molecular complexity index is 666. The summed E-state index contributed by atoms with van der Waals surface area (Å²) in [7, 11) is 0. The van der Waals surface area contributed by atoms with Gasteiger partial charge in [0.05, 0.1) is 10.6 Å². The van der Waals surface area contributed by atoms with Crippen molar-refractivity contribution in [3.05, 3.63) is 51.0 Å². The summed E-state index contributed by atoms with van der Waals surface area (Å²) in [6.07, 6.45) is 4.79. The first kappa shape index (κ1) is 14.2.